The molecule has 0 spiro atoms. The van der Waals surface area contributed by atoms with Gasteiger partial charge in [-0.15, -0.1) is 0 Å². The van der Waals surface area contributed by atoms with Crippen LogP contribution in [0.4, 0.5) is 21.9 Å². The molecule has 0 saturated heterocycles. The zero-order chi connectivity index (χ0) is 12.1. The van der Waals surface area contributed by atoms with E-state index >= 15 is 0 Å². The van der Waals surface area contributed by atoms with Gasteiger partial charge in [0, 0.05) is 12.2 Å². The Labute approximate surface area is 95.0 Å². The van der Waals surface area contributed by atoms with E-state index in [9.17, 15) is 4.79 Å². The smallest absolute Gasteiger partial charge is 0.414 e. The van der Waals surface area contributed by atoms with Crippen LogP contribution < -0.4 is 16.4 Å². The van der Waals surface area contributed by atoms with Crippen molar-refractivity contribution >= 4 is 23.2 Å². The second-order valence-corrected chi connectivity index (χ2v) is 3.26. The topological polar surface area (TPSA) is 81.6 Å². The third kappa shape index (κ3) is 2.56. The molecule has 0 aromatic heterocycles. The van der Waals surface area contributed by atoms with Gasteiger partial charge in [0.25, 0.3) is 0 Å². The number of nitrogens with two attached hydrogens (primary N) is 2. The third-order valence-electron chi connectivity index (χ3n) is 2.15. The van der Waals surface area contributed by atoms with E-state index in [1.54, 1.807) is 25.1 Å². The lowest BCUT2D eigenvalue weighted by molar-refractivity contribution is 0.160. The van der Waals surface area contributed by atoms with Gasteiger partial charge in [0.1, 0.15) is 0 Å². The van der Waals surface area contributed by atoms with Crippen LogP contribution in [-0.2, 0) is 4.74 Å². The minimum Gasteiger partial charge on any atom is -0.449 e. The maximum absolute atomic E-state index is 11.6. The Bertz CT molecular complexity index is 379. The van der Waals surface area contributed by atoms with Crippen molar-refractivity contribution in [2.24, 2.45) is 0 Å². The molecular weight excluding hydrogens is 206 g/mol. The predicted molar refractivity (Wildman–Crippen MR) is 65.3 cm³/mol. The van der Waals surface area contributed by atoms with Gasteiger partial charge in [0.15, 0.2) is 0 Å². The van der Waals surface area contributed by atoms with Crippen molar-refractivity contribution in [2.45, 2.75) is 13.8 Å². The fraction of sp³-hybridized carbons (Fsp3) is 0.364. The van der Waals surface area contributed by atoms with E-state index < -0.39 is 6.09 Å². The molecule has 1 aromatic rings. The second-order valence-electron chi connectivity index (χ2n) is 3.26. The Morgan fingerprint density at radius 1 is 1.38 bits per heavy atom. The lowest BCUT2D eigenvalue weighted by atomic mass is 10.2. The van der Waals surface area contributed by atoms with Gasteiger partial charge in [0.05, 0.1) is 18.0 Å². The van der Waals surface area contributed by atoms with Crippen LogP contribution in [0.3, 0.4) is 0 Å². The van der Waals surface area contributed by atoms with Crippen LogP contribution in [0.25, 0.3) is 0 Å². The van der Waals surface area contributed by atoms with E-state index in [4.69, 9.17) is 16.2 Å². The fourth-order valence-corrected chi connectivity index (χ4v) is 1.42. The molecule has 1 rings (SSSR count). The summed E-state index contributed by atoms with van der Waals surface area (Å²) in [5.41, 5.74) is 13.1. The third-order valence-corrected chi connectivity index (χ3v) is 2.15. The second kappa shape index (κ2) is 5.25. The lowest BCUT2D eigenvalue weighted by Gasteiger charge is -2.21. The summed E-state index contributed by atoms with van der Waals surface area (Å²) < 4.78 is 4.93. The van der Waals surface area contributed by atoms with Crippen LogP contribution in [0, 0.1) is 0 Å². The van der Waals surface area contributed by atoms with Crippen molar-refractivity contribution in [1.29, 1.82) is 0 Å². The number of rotatable bonds is 3. The molecule has 0 saturated carbocycles. The number of benzene rings is 1. The fourth-order valence-electron chi connectivity index (χ4n) is 1.42. The highest BCUT2D eigenvalue weighted by Gasteiger charge is 2.16. The summed E-state index contributed by atoms with van der Waals surface area (Å²) in [6.07, 6.45) is -0.401. The van der Waals surface area contributed by atoms with E-state index in [2.05, 4.69) is 0 Å². The minimum absolute atomic E-state index is 0.338. The average molecular weight is 223 g/mol. The molecule has 16 heavy (non-hydrogen) atoms. The Balaban J connectivity index is 2.99. The number of ether oxygens (including phenoxy) is 1. The Kier molecular flexibility index (Phi) is 3.99. The van der Waals surface area contributed by atoms with Gasteiger partial charge in [-0.3, -0.25) is 4.90 Å². The number of carbonyl (C=O) groups is 1. The van der Waals surface area contributed by atoms with Crippen molar-refractivity contribution in [3.63, 3.8) is 0 Å². The molecule has 0 radical (unpaired) electrons. The first-order valence-corrected chi connectivity index (χ1v) is 5.19. The van der Waals surface area contributed by atoms with E-state index in [-0.39, 0.29) is 0 Å². The summed E-state index contributed by atoms with van der Waals surface area (Å²) in [5, 5.41) is 0. The summed E-state index contributed by atoms with van der Waals surface area (Å²) >= 11 is 0. The Hall–Kier alpha value is -1.91. The number of hydrogen-bond donors (Lipinski definition) is 2. The summed E-state index contributed by atoms with van der Waals surface area (Å²) in [7, 11) is 0. The van der Waals surface area contributed by atoms with Crippen LogP contribution in [0.5, 0.6) is 0 Å². The first-order chi connectivity index (χ1) is 7.60. The van der Waals surface area contributed by atoms with Crippen LogP contribution in [-0.4, -0.2) is 19.2 Å². The summed E-state index contributed by atoms with van der Waals surface area (Å²) in [6, 6.07) is 5.04. The highest BCUT2D eigenvalue weighted by Crippen LogP contribution is 2.25. The van der Waals surface area contributed by atoms with Crippen LogP contribution >= 0.6 is 0 Å². The molecule has 0 heterocycles. The number of nitrogen functional groups attached to an aromatic ring is 2. The number of amides is 1. The summed E-state index contributed by atoms with van der Waals surface area (Å²) in [5.74, 6) is 0. The zero-order valence-electron chi connectivity index (χ0n) is 9.56. The van der Waals surface area contributed by atoms with Gasteiger partial charge < -0.3 is 16.2 Å². The molecular formula is C11H17N3O2. The molecule has 0 fully saturated rings. The van der Waals surface area contributed by atoms with E-state index in [0.29, 0.717) is 30.2 Å². The van der Waals surface area contributed by atoms with Gasteiger partial charge in [-0.25, -0.2) is 4.79 Å². The van der Waals surface area contributed by atoms with Gasteiger partial charge in [-0.2, -0.15) is 0 Å². The first kappa shape index (κ1) is 12.2. The van der Waals surface area contributed by atoms with Gasteiger partial charge >= 0.3 is 6.09 Å². The minimum atomic E-state index is -0.401. The SMILES string of the molecule is CCOC(=O)N(CC)c1ccc(N)cc1N. The maximum Gasteiger partial charge on any atom is 0.414 e. The van der Waals surface area contributed by atoms with Crippen molar-refractivity contribution in [1.82, 2.24) is 0 Å². The van der Waals surface area contributed by atoms with Crippen LogP contribution in [0.1, 0.15) is 13.8 Å². The average Bonchev–Trinajstić information content (AvgIpc) is 2.22. The van der Waals surface area contributed by atoms with E-state index in [1.807, 2.05) is 6.92 Å². The van der Waals surface area contributed by atoms with Crippen molar-refractivity contribution in [3.8, 4) is 0 Å². The monoisotopic (exact) mass is 223 g/mol. The van der Waals surface area contributed by atoms with Crippen molar-refractivity contribution in [2.75, 3.05) is 29.5 Å². The largest absolute Gasteiger partial charge is 0.449 e. The van der Waals surface area contributed by atoms with Crippen molar-refractivity contribution < 1.29 is 9.53 Å². The molecule has 0 bridgehead atoms. The van der Waals surface area contributed by atoms with Gasteiger partial charge in [-0.05, 0) is 32.0 Å². The Morgan fingerprint density at radius 2 is 2.06 bits per heavy atom. The molecule has 0 unspecified atom stereocenters. The Morgan fingerprint density at radius 3 is 2.56 bits per heavy atom. The molecule has 1 aromatic carbocycles. The molecule has 5 heteroatoms. The lowest BCUT2D eigenvalue weighted by Crippen LogP contribution is -2.31. The maximum atomic E-state index is 11.6. The van der Waals surface area contributed by atoms with Crippen LogP contribution in [0.15, 0.2) is 18.2 Å². The normalized spacial score (nSPS) is 9.88. The van der Waals surface area contributed by atoms with E-state index in [0.717, 1.165) is 0 Å². The predicted octanol–water partition coefficient (Wildman–Crippen LogP) is 1.83. The van der Waals surface area contributed by atoms with Crippen LogP contribution in [0.2, 0.25) is 0 Å². The van der Waals surface area contributed by atoms with Gasteiger partial charge in [0.2, 0.25) is 0 Å². The van der Waals surface area contributed by atoms with Gasteiger partial charge in [-0.1, -0.05) is 0 Å². The summed E-state index contributed by atoms with van der Waals surface area (Å²) in [6.45, 7) is 4.45. The molecule has 0 aliphatic rings. The summed E-state index contributed by atoms with van der Waals surface area (Å²) in [4.78, 5) is 13.1. The zero-order valence-corrected chi connectivity index (χ0v) is 9.56. The molecule has 5 nitrogen and oxygen atoms in total. The molecule has 0 aliphatic carbocycles. The molecule has 88 valence electrons. The van der Waals surface area contributed by atoms with Crippen molar-refractivity contribution in [3.05, 3.63) is 18.2 Å². The number of hydrogen-bond acceptors (Lipinski definition) is 4. The van der Waals surface area contributed by atoms with E-state index in [1.165, 1.54) is 4.90 Å². The quantitative estimate of drug-likeness (QED) is 0.766. The number of carbonyl (C=O) groups excluding carboxylic acids is 1. The molecule has 4 N–H and O–H groups in total. The standard InChI is InChI=1S/C11H17N3O2/c1-3-14(11(15)16-4-2)10-6-5-8(12)7-9(10)13/h5-7H,3-4,12-13H2,1-2H3. The first-order valence-electron chi connectivity index (χ1n) is 5.19. The number of anilines is 3. The molecule has 1 amide bonds. The molecule has 0 atom stereocenters. The highest BCUT2D eigenvalue weighted by molar-refractivity contribution is 5.92. The molecule has 0 aliphatic heterocycles. The number of nitrogens with zero attached hydrogens (tertiary/aromatic N) is 1. The highest BCUT2D eigenvalue weighted by atomic mass is 16.6.